The third-order valence-corrected chi connectivity index (χ3v) is 3.71. The molecule has 3 aromatic rings. The Morgan fingerprint density at radius 3 is 2.54 bits per heavy atom. The lowest BCUT2D eigenvalue weighted by Gasteiger charge is -2.08. The van der Waals surface area contributed by atoms with Gasteiger partial charge in [-0.25, -0.2) is 15.0 Å². The van der Waals surface area contributed by atoms with Crippen LogP contribution in [0, 0.1) is 13.8 Å². The van der Waals surface area contributed by atoms with E-state index in [0.717, 1.165) is 28.2 Å². The zero-order valence-corrected chi connectivity index (χ0v) is 14.0. The van der Waals surface area contributed by atoms with Gasteiger partial charge < -0.3 is 15.2 Å². The summed E-state index contributed by atoms with van der Waals surface area (Å²) >= 11 is 0. The lowest BCUT2D eigenvalue weighted by atomic mass is 10.3. The Balaban J connectivity index is 1.58. The maximum atomic E-state index is 12.0. The van der Waals surface area contributed by atoms with Crippen molar-refractivity contribution in [2.24, 2.45) is 7.05 Å². The van der Waals surface area contributed by atoms with Crippen LogP contribution >= 0.6 is 0 Å². The fourth-order valence-electron chi connectivity index (χ4n) is 2.56. The van der Waals surface area contributed by atoms with Crippen molar-refractivity contribution in [3.05, 3.63) is 47.5 Å². The summed E-state index contributed by atoms with van der Waals surface area (Å²) in [5, 5.41) is 5.80. The number of rotatable bonds is 5. The number of nitrogens with one attached hydrogen (secondary N) is 2. The normalized spacial score (nSPS) is 10.8. The zero-order chi connectivity index (χ0) is 17.1. The van der Waals surface area contributed by atoms with E-state index in [1.807, 2.05) is 55.8 Å². The SMILES string of the molecule is Cc1cc(C)nc(NCC(=O)NCc2nc3ccccc3n2C)n1. The third-order valence-electron chi connectivity index (χ3n) is 3.71. The first-order valence-electron chi connectivity index (χ1n) is 7.76. The van der Waals surface area contributed by atoms with Crippen molar-refractivity contribution in [3.8, 4) is 0 Å². The number of aromatic nitrogens is 4. The molecule has 3 rings (SSSR count). The first-order valence-corrected chi connectivity index (χ1v) is 7.76. The molecule has 0 aliphatic heterocycles. The maximum absolute atomic E-state index is 12.0. The van der Waals surface area contributed by atoms with Crippen molar-refractivity contribution in [1.29, 1.82) is 0 Å². The Hall–Kier alpha value is -2.96. The molecule has 0 bridgehead atoms. The van der Waals surface area contributed by atoms with E-state index in [9.17, 15) is 4.79 Å². The molecule has 0 aliphatic carbocycles. The average molecular weight is 324 g/mol. The first-order chi connectivity index (χ1) is 11.5. The molecule has 1 aromatic carbocycles. The third kappa shape index (κ3) is 3.51. The number of nitrogens with zero attached hydrogens (tertiary/aromatic N) is 4. The van der Waals surface area contributed by atoms with Gasteiger partial charge in [0.25, 0.3) is 0 Å². The van der Waals surface area contributed by atoms with Crippen molar-refractivity contribution in [2.75, 3.05) is 11.9 Å². The largest absolute Gasteiger partial charge is 0.347 e. The van der Waals surface area contributed by atoms with Crippen LogP contribution in [0.2, 0.25) is 0 Å². The van der Waals surface area contributed by atoms with Crippen molar-refractivity contribution >= 4 is 22.9 Å². The highest BCUT2D eigenvalue weighted by molar-refractivity contribution is 5.80. The van der Waals surface area contributed by atoms with E-state index >= 15 is 0 Å². The predicted octanol–water partition coefficient (Wildman–Crippen LogP) is 1.71. The number of benzene rings is 1. The summed E-state index contributed by atoms with van der Waals surface area (Å²) in [5.74, 6) is 1.14. The summed E-state index contributed by atoms with van der Waals surface area (Å²) in [6.07, 6.45) is 0. The Morgan fingerprint density at radius 2 is 1.83 bits per heavy atom. The van der Waals surface area contributed by atoms with E-state index < -0.39 is 0 Å². The van der Waals surface area contributed by atoms with E-state index in [0.29, 0.717) is 12.5 Å². The molecule has 1 amide bonds. The standard InChI is InChI=1S/C17H20N6O/c1-11-8-12(2)21-17(20-11)19-10-16(24)18-9-15-22-13-6-4-5-7-14(13)23(15)3/h4-8H,9-10H2,1-3H3,(H,18,24)(H,19,20,21). The molecule has 124 valence electrons. The summed E-state index contributed by atoms with van der Waals surface area (Å²) < 4.78 is 1.98. The number of imidazole rings is 1. The Morgan fingerprint density at radius 1 is 1.12 bits per heavy atom. The van der Waals surface area contributed by atoms with E-state index in [-0.39, 0.29) is 12.5 Å². The van der Waals surface area contributed by atoms with Crippen LogP contribution in [0.4, 0.5) is 5.95 Å². The lowest BCUT2D eigenvalue weighted by molar-refractivity contribution is -0.119. The molecule has 0 aliphatic rings. The minimum Gasteiger partial charge on any atom is -0.347 e. The Labute approximate surface area is 140 Å². The molecule has 24 heavy (non-hydrogen) atoms. The molecular formula is C17H20N6O. The Bertz CT molecular complexity index is 866. The van der Waals surface area contributed by atoms with Crippen LogP contribution < -0.4 is 10.6 Å². The molecule has 0 unspecified atom stereocenters. The van der Waals surface area contributed by atoms with Crippen LogP contribution in [0.5, 0.6) is 0 Å². The molecule has 2 aromatic heterocycles. The van der Waals surface area contributed by atoms with E-state index in [1.54, 1.807) is 0 Å². The molecule has 0 fully saturated rings. The maximum Gasteiger partial charge on any atom is 0.239 e. The summed E-state index contributed by atoms with van der Waals surface area (Å²) in [4.78, 5) is 25.0. The smallest absolute Gasteiger partial charge is 0.239 e. The number of carbonyl (C=O) groups is 1. The van der Waals surface area contributed by atoms with Gasteiger partial charge in [0.15, 0.2) is 0 Å². The molecule has 7 heteroatoms. The van der Waals surface area contributed by atoms with Gasteiger partial charge in [-0.15, -0.1) is 0 Å². The van der Waals surface area contributed by atoms with E-state index in [2.05, 4.69) is 25.6 Å². The van der Waals surface area contributed by atoms with Crippen LogP contribution in [-0.2, 0) is 18.4 Å². The highest BCUT2D eigenvalue weighted by Crippen LogP contribution is 2.13. The highest BCUT2D eigenvalue weighted by Gasteiger charge is 2.09. The predicted molar refractivity (Wildman–Crippen MR) is 92.6 cm³/mol. The second-order valence-corrected chi connectivity index (χ2v) is 5.68. The van der Waals surface area contributed by atoms with Gasteiger partial charge in [-0.2, -0.15) is 0 Å². The first kappa shape index (κ1) is 15.9. The minimum absolute atomic E-state index is 0.118. The minimum atomic E-state index is -0.134. The summed E-state index contributed by atoms with van der Waals surface area (Å²) in [7, 11) is 1.94. The van der Waals surface area contributed by atoms with Crippen molar-refractivity contribution in [3.63, 3.8) is 0 Å². The van der Waals surface area contributed by atoms with E-state index in [1.165, 1.54) is 0 Å². The number of carbonyl (C=O) groups excluding carboxylic acids is 1. The number of fused-ring (bicyclic) bond motifs is 1. The van der Waals surface area contributed by atoms with Gasteiger partial charge in [0.2, 0.25) is 11.9 Å². The topological polar surface area (TPSA) is 84.7 Å². The highest BCUT2D eigenvalue weighted by atomic mass is 16.1. The molecule has 0 spiro atoms. The van der Waals surface area contributed by atoms with Gasteiger partial charge in [-0.1, -0.05) is 12.1 Å². The number of aryl methyl sites for hydroxylation is 3. The second kappa shape index (κ2) is 6.66. The van der Waals surface area contributed by atoms with Gasteiger partial charge in [0.05, 0.1) is 24.1 Å². The fraction of sp³-hybridized carbons (Fsp3) is 0.294. The molecule has 0 atom stereocenters. The van der Waals surface area contributed by atoms with Gasteiger partial charge in [0.1, 0.15) is 5.82 Å². The second-order valence-electron chi connectivity index (χ2n) is 5.68. The van der Waals surface area contributed by atoms with Crippen LogP contribution in [0.1, 0.15) is 17.2 Å². The zero-order valence-electron chi connectivity index (χ0n) is 14.0. The number of amides is 1. The molecule has 7 nitrogen and oxygen atoms in total. The van der Waals surface area contributed by atoms with Crippen molar-refractivity contribution < 1.29 is 4.79 Å². The fourth-order valence-corrected chi connectivity index (χ4v) is 2.56. The summed E-state index contributed by atoms with van der Waals surface area (Å²) in [6, 6.07) is 9.77. The van der Waals surface area contributed by atoms with E-state index in [4.69, 9.17) is 0 Å². The van der Waals surface area contributed by atoms with Crippen LogP contribution in [0.3, 0.4) is 0 Å². The van der Waals surface area contributed by atoms with Crippen LogP contribution in [0.15, 0.2) is 30.3 Å². The summed E-state index contributed by atoms with van der Waals surface area (Å²) in [5.41, 5.74) is 3.70. The van der Waals surface area contributed by atoms with Gasteiger partial charge in [0, 0.05) is 18.4 Å². The van der Waals surface area contributed by atoms with Gasteiger partial charge in [-0.05, 0) is 32.0 Å². The number of anilines is 1. The molecule has 0 saturated carbocycles. The quantitative estimate of drug-likeness (QED) is 0.746. The lowest BCUT2D eigenvalue weighted by Crippen LogP contribution is -2.30. The van der Waals surface area contributed by atoms with Gasteiger partial charge >= 0.3 is 0 Å². The van der Waals surface area contributed by atoms with Crippen molar-refractivity contribution in [1.82, 2.24) is 24.8 Å². The Kier molecular flexibility index (Phi) is 4.41. The van der Waals surface area contributed by atoms with Gasteiger partial charge in [-0.3, -0.25) is 4.79 Å². The number of hydrogen-bond donors (Lipinski definition) is 2. The molecule has 0 saturated heterocycles. The molecule has 2 heterocycles. The molecule has 0 radical (unpaired) electrons. The van der Waals surface area contributed by atoms with Crippen molar-refractivity contribution in [2.45, 2.75) is 20.4 Å². The molecular weight excluding hydrogens is 304 g/mol. The molecule has 2 N–H and O–H groups in total. The average Bonchev–Trinajstić information content (AvgIpc) is 2.87. The summed E-state index contributed by atoms with van der Waals surface area (Å²) in [6.45, 7) is 4.28. The monoisotopic (exact) mass is 324 g/mol. The van der Waals surface area contributed by atoms with Crippen LogP contribution in [-0.4, -0.2) is 32.0 Å². The van der Waals surface area contributed by atoms with Crippen LogP contribution in [0.25, 0.3) is 11.0 Å². The number of hydrogen-bond acceptors (Lipinski definition) is 5. The number of para-hydroxylation sites is 2.